The molecule has 0 aliphatic carbocycles. The molecule has 0 amide bonds. The minimum Gasteiger partial charge on any atom is -0.495 e. The molecule has 0 aliphatic heterocycles. The molecule has 1 unspecified atom stereocenters. The van der Waals surface area contributed by atoms with E-state index in [4.69, 9.17) is 9.84 Å². The summed E-state index contributed by atoms with van der Waals surface area (Å²) in [6, 6.07) is 9.03. The van der Waals surface area contributed by atoms with Crippen molar-refractivity contribution in [3.05, 3.63) is 45.6 Å². The van der Waals surface area contributed by atoms with Gasteiger partial charge in [0.2, 0.25) is 0 Å². The van der Waals surface area contributed by atoms with Crippen LogP contribution in [0.25, 0.3) is 0 Å². The van der Waals surface area contributed by atoms with Crippen molar-refractivity contribution in [2.75, 3.05) is 12.4 Å². The first-order valence-corrected chi connectivity index (χ1v) is 7.07. The van der Waals surface area contributed by atoms with E-state index in [2.05, 4.69) is 24.4 Å². The van der Waals surface area contributed by atoms with Gasteiger partial charge in [-0.1, -0.05) is 0 Å². The van der Waals surface area contributed by atoms with Crippen LogP contribution in [0.1, 0.15) is 33.1 Å². The molecule has 0 saturated heterocycles. The molecule has 0 spiro atoms. The minimum absolute atomic E-state index is 0.0895. The van der Waals surface area contributed by atoms with E-state index >= 15 is 0 Å². The predicted octanol–water partition coefficient (Wildman–Crippen LogP) is 3.94. The van der Waals surface area contributed by atoms with E-state index in [9.17, 15) is 4.79 Å². The number of nitrogens with one attached hydrogen (secondary N) is 1. The lowest BCUT2D eigenvalue weighted by atomic mass is 10.1. The van der Waals surface area contributed by atoms with Crippen molar-refractivity contribution in [1.29, 1.82) is 0 Å². The van der Waals surface area contributed by atoms with E-state index < -0.39 is 5.97 Å². The molecule has 1 atom stereocenters. The molecule has 1 aromatic heterocycles. The summed E-state index contributed by atoms with van der Waals surface area (Å²) in [7, 11) is 1.57. The number of carboxylic acid groups (broad SMARTS) is 1. The van der Waals surface area contributed by atoms with Gasteiger partial charge >= 0.3 is 5.97 Å². The maximum atomic E-state index is 11.0. The SMILES string of the molecule is COc1ccc(C(=O)O)cc1NC(C)c1ccc(C)s1. The summed E-state index contributed by atoms with van der Waals surface area (Å²) in [6.07, 6.45) is 0. The quantitative estimate of drug-likeness (QED) is 0.876. The van der Waals surface area contributed by atoms with E-state index in [0.29, 0.717) is 11.4 Å². The van der Waals surface area contributed by atoms with Gasteiger partial charge in [-0.25, -0.2) is 4.79 Å². The second-order valence-electron chi connectivity index (χ2n) is 4.53. The molecule has 4 nitrogen and oxygen atoms in total. The fourth-order valence-electron chi connectivity index (χ4n) is 1.94. The number of hydrogen-bond acceptors (Lipinski definition) is 4. The number of ether oxygens (including phenoxy) is 1. The highest BCUT2D eigenvalue weighted by Gasteiger charge is 2.13. The average molecular weight is 291 g/mol. The summed E-state index contributed by atoms with van der Waals surface area (Å²) < 4.78 is 5.27. The highest BCUT2D eigenvalue weighted by atomic mass is 32.1. The lowest BCUT2D eigenvalue weighted by Crippen LogP contribution is -2.07. The number of rotatable bonds is 5. The van der Waals surface area contributed by atoms with Crippen molar-refractivity contribution in [2.24, 2.45) is 0 Å². The Kier molecular flexibility index (Phi) is 4.29. The van der Waals surface area contributed by atoms with Crippen LogP contribution in [-0.2, 0) is 0 Å². The van der Waals surface area contributed by atoms with Gasteiger partial charge in [-0.05, 0) is 44.2 Å². The molecule has 20 heavy (non-hydrogen) atoms. The highest BCUT2D eigenvalue weighted by Crippen LogP contribution is 2.31. The molecule has 5 heteroatoms. The number of carboxylic acids is 1. The maximum absolute atomic E-state index is 11.0. The average Bonchev–Trinajstić information content (AvgIpc) is 2.85. The van der Waals surface area contributed by atoms with Crippen LogP contribution in [0, 0.1) is 6.92 Å². The molecule has 2 rings (SSSR count). The van der Waals surface area contributed by atoms with Crippen LogP contribution in [0.2, 0.25) is 0 Å². The largest absolute Gasteiger partial charge is 0.495 e. The molecular formula is C15H17NO3S. The lowest BCUT2D eigenvalue weighted by molar-refractivity contribution is 0.0697. The van der Waals surface area contributed by atoms with Crippen LogP contribution in [-0.4, -0.2) is 18.2 Å². The maximum Gasteiger partial charge on any atom is 0.335 e. The number of benzene rings is 1. The van der Waals surface area contributed by atoms with Crippen molar-refractivity contribution in [3.63, 3.8) is 0 Å². The zero-order chi connectivity index (χ0) is 14.7. The van der Waals surface area contributed by atoms with Crippen molar-refractivity contribution < 1.29 is 14.6 Å². The zero-order valence-electron chi connectivity index (χ0n) is 11.6. The third kappa shape index (κ3) is 3.11. The first-order chi connectivity index (χ1) is 9.51. The number of anilines is 1. The van der Waals surface area contributed by atoms with Gasteiger partial charge in [-0.15, -0.1) is 11.3 Å². The van der Waals surface area contributed by atoms with Gasteiger partial charge in [-0.2, -0.15) is 0 Å². The Morgan fingerprint density at radius 2 is 2.10 bits per heavy atom. The van der Waals surface area contributed by atoms with E-state index in [-0.39, 0.29) is 11.6 Å². The fourth-order valence-corrected chi connectivity index (χ4v) is 2.82. The summed E-state index contributed by atoms with van der Waals surface area (Å²) in [5.41, 5.74) is 0.925. The highest BCUT2D eigenvalue weighted by molar-refractivity contribution is 7.12. The van der Waals surface area contributed by atoms with Gasteiger partial charge in [0.15, 0.2) is 0 Å². The molecule has 0 bridgehead atoms. The molecule has 2 N–H and O–H groups in total. The van der Waals surface area contributed by atoms with Crippen molar-refractivity contribution in [1.82, 2.24) is 0 Å². The standard InChI is InChI=1S/C15H17NO3S/c1-9-4-7-14(20-9)10(2)16-12-8-11(15(17)18)5-6-13(12)19-3/h4-8,10,16H,1-3H3,(H,17,18). The fraction of sp³-hybridized carbons (Fsp3) is 0.267. The monoisotopic (exact) mass is 291 g/mol. The second kappa shape index (κ2) is 5.96. The molecular weight excluding hydrogens is 274 g/mol. The number of aromatic carboxylic acids is 1. The number of carbonyl (C=O) groups is 1. The lowest BCUT2D eigenvalue weighted by Gasteiger charge is -2.17. The van der Waals surface area contributed by atoms with Gasteiger partial charge in [-0.3, -0.25) is 0 Å². The summed E-state index contributed by atoms with van der Waals surface area (Å²) in [5, 5.41) is 12.4. The van der Waals surface area contributed by atoms with Gasteiger partial charge < -0.3 is 15.2 Å². The van der Waals surface area contributed by atoms with Crippen LogP contribution in [0.3, 0.4) is 0 Å². The number of methoxy groups -OCH3 is 1. The molecule has 0 aliphatic rings. The summed E-state index contributed by atoms with van der Waals surface area (Å²) in [4.78, 5) is 13.5. The van der Waals surface area contributed by atoms with E-state index in [1.54, 1.807) is 30.6 Å². The van der Waals surface area contributed by atoms with Crippen LogP contribution in [0.4, 0.5) is 5.69 Å². The molecule has 0 radical (unpaired) electrons. The topological polar surface area (TPSA) is 58.6 Å². The number of aryl methyl sites for hydroxylation is 1. The Bertz CT molecular complexity index is 621. The van der Waals surface area contributed by atoms with E-state index in [1.807, 2.05) is 6.92 Å². The van der Waals surface area contributed by atoms with Crippen LogP contribution in [0.15, 0.2) is 30.3 Å². The Labute approximate surface area is 122 Å². The number of hydrogen-bond donors (Lipinski definition) is 2. The molecule has 1 heterocycles. The smallest absolute Gasteiger partial charge is 0.335 e. The molecule has 106 valence electrons. The van der Waals surface area contributed by atoms with E-state index in [0.717, 1.165) is 0 Å². The van der Waals surface area contributed by atoms with Gasteiger partial charge in [0.1, 0.15) is 5.75 Å². The first-order valence-electron chi connectivity index (χ1n) is 6.25. The third-order valence-corrected chi connectivity index (χ3v) is 4.19. The Balaban J connectivity index is 2.27. The Morgan fingerprint density at radius 1 is 1.35 bits per heavy atom. The predicted molar refractivity (Wildman–Crippen MR) is 81.0 cm³/mol. The summed E-state index contributed by atoms with van der Waals surface area (Å²) in [6.45, 7) is 4.10. The van der Waals surface area contributed by atoms with Gasteiger partial charge in [0, 0.05) is 9.75 Å². The van der Waals surface area contributed by atoms with E-state index in [1.165, 1.54) is 15.8 Å². The van der Waals surface area contributed by atoms with Crippen molar-refractivity contribution in [3.8, 4) is 5.75 Å². The van der Waals surface area contributed by atoms with Crippen LogP contribution in [0.5, 0.6) is 5.75 Å². The molecule has 0 fully saturated rings. The summed E-state index contributed by atoms with van der Waals surface area (Å²) in [5.74, 6) is -0.314. The molecule has 2 aromatic rings. The zero-order valence-corrected chi connectivity index (χ0v) is 12.5. The first kappa shape index (κ1) is 14.4. The second-order valence-corrected chi connectivity index (χ2v) is 5.85. The third-order valence-electron chi connectivity index (χ3n) is 3.01. The molecule has 1 aromatic carbocycles. The normalized spacial score (nSPS) is 11.9. The van der Waals surface area contributed by atoms with Crippen LogP contribution < -0.4 is 10.1 Å². The van der Waals surface area contributed by atoms with Gasteiger partial charge in [0.05, 0.1) is 24.4 Å². The Hall–Kier alpha value is -2.01. The van der Waals surface area contributed by atoms with Crippen LogP contribution >= 0.6 is 11.3 Å². The number of thiophene rings is 1. The van der Waals surface area contributed by atoms with Crippen molar-refractivity contribution >= 4 is 23.0 Å². The Morgan fingerprint density at radius 3 is 2.65 bits per heavy atom. The van der Waals surface area contributed by atoms with Gasteiger partial charge in [0.25, 0.3) is 0 Å². The summed E-state index contributed by atoms with van der Waals surface area (Å²) >= 11 is 1.72. The molecule has 0 saturated carbocycles. The van der Waals surface area contributed by atoms with Crippen molar-refractivity contribution in [2.45, 2.75) is 19.9 Å². The minimum atomic E-state index is -0.949.